The zero-order chi connectivity index (χ0) is 9.84. The summed E-state index contributed by atoms with van der Waals surface area (Å²) in [5, 5.41) is 0. The van der Waals surface area contributed by atoms with Crippen molar-refractivity contribution < 1.29 is 4.79 Å². The molecular weight excluding hydrogens is 182 g/mol. The summed E-state index contributed by atoms with van der Waals surface area (Å²) in [4.78, 5) is 13.8. The van der Waals surface area contributed by atoms with E-state index in [1.165, 1.54) is 0 Å². The van der Waals surface area contributed by atoms with Gasteiger partial charge in [-0.2, -0.15) is 0 Å². The molecule has 2 nitrogen and oxygen atoms in total. The van der Waals surface area contributed by atoms with E-state index in [1.807, 2.05) is 24.3 Å². The monoisotopic (exact) mass is 195 g/mol. The molecule has 0 aliphatic heterocycles. The van der Waals surface area contributed by atoms with E-state index < -0.39 is 0 Å². The summed E-state index contributed by atoms with van der Waals surface area (Å²) < 4.78 is 0. The van der Waals surface area contributed by atoms with Crippen molar-refractivity contribution in [2.24, 2.45) is 0 Å². The number of thiol groups is 1. The Morgan fingerprint density at radius 2 is 1.85 bits per heavy atom. The molecule has 0 aliphatic rings. The van der Waals surface area contributed by atoms with Crippen LogP contribution in [-0.2, 0) is 11.2 Å². The highest BCUT2D eigenvalue weighted by molar-refractivity contribution is 7.80. The maximum Gasteiger partial charge on any atom is 0.226 e. The highest BCUT2D eigenvalue weighted by atomic mass is 32.1. The fraction of sp³-hybridized carbons (Fsp3) is 0.300. The maximum atomic E-state index is 11.3. The first kappa shape index (κ1) is 10.1. The van der Waals surface area contributed by atoms with Crippen molar-refractivity contribution in [3.63, 3.8) is 0 Å². The lowest BCUT2D eigenvalue weighted by Gasteiger charge is -2.09. The summed E-state index contributed by atoms with van der Waals surface area (Å²) in [7, 11) is 3.52. The van der Waals surface area contributed by atoms with Gasteiger partial charge in [0.15, 0.2) is 0 Å². The average Bonchev–Trinajstić information content (AvgIpc) is 2.08. The van der Waals surface area contributed by atoms with Gasteiger partial charge in [-0.1, -0.05) is 12.1 Å². The normalized spacial score (nSPS) is 9.77. The number of carbonyl (C=O) groups is 1. The van der Waals surface area contributed by atoms with E-state index in [0.29, 0.717) is 6.42 Å². The van der Waals surface area contributed by atoms with Crippen LogP contribution in [0.5, 0.6) is 0 Å². The van der Waals surface area contributed by atoms with Crippen LogP contribution in [0, 0.1) is 0 Å². The van der Waals surface area contributed by atoms with Gasteiger partial charge in [0, 0.05) is 19.0 Å². The van der Waals surface area contributed by atoms with E-state index in [0.717, 1.165) is 10.5 Å². The predicted molar refractivity (Wildman–Crippen MR) is 56.1 cm³/mol. The van der Waals surface area contributed by atoms with Gasteiger partial charge in [0.2, 0.25) is 5.91 Å². The summed E-state index contributed by atoms with van der Waals surface area (Å²) in [5.74, 6) is 0.118. The molecular formula is C10H13NOS. The first-order valence-corrected chi connectivity index (χ1v) is 4.52. The minimum Gasteiger partial charge on any atom is -0.349 e. The Kier molecular flexibility index (Phi) is 3.37. The lowest BCUT2D eigenvalue weighted by Crippen LogP contribution is -2.23. The molecule has 0 unspecified atom stereocenters. The Morgan fingerprint density at radius 3 is 2.31 bits per heavy atom. The van der Waals surface area contributed by atoms with Gasteiger partial charge in [0.05, 0.1) is 6.42 Å². The van der Waals surface area contributed by atoms with Gasteiger partial charge in [-0.15, -0.1) is 12.6 Å². The molecule has 0 spiro atoms. The van der Waals surface area contributed by atoms with Crippen LogP contribution in [0.15, 0.2) is 29.2 Å². The van der Waals surface area contributed by atoms with Crippen molar-refractivity contribution in [1.82, 2.24) is 4.90 Å². The van der Waals surface area contributed by atoms with Crippen LogP contribution in [-0.4, -0.2) is 24.9 Å². The van der Waals surface area contributed by atoms with E-state index in [9.17, 15) is 4.79 Å². The average molecular weight is 195 g/mol. The Labute approximate surface area is 84.0 Å². The van der Waals surface area contributed by atoms with Gasteiger partial charge in [0.1, 0.15) is 0 Å². The molecule has 0 saturated heterocycles. The molecule has 13 heavy (non-hydrogen) atoms. The van der Waals surface area contributed by atoms with Gasteiger partial charge < -0.3 is 4.90 Å². The summed E-state index contributed by atoms with van der Waals surface area (Å²) in [6, 6.07) is 7.62. The van der Waals surface area contributed by atoms with Crippen LogP contribution in [0.3, 0.4) is 0 Å². The fourth-order valence-corrected chi connectivity index (χ4v) is 1.10. The second-order valence-corrected chi connectivity index (χ2v) is 3.65. The van der Waals surface area contributed by atoms with Crippen LogP contribution in [0.2, 0.25) is 0 Å². The second kappa shape index (κ2) is 4.33. The Balaban J connectivity index is 2.65. The quantitative estimate of drug-likeness (QED) is 0.711. The molecule has 0 atom stereocenters. The number of hydrogen-bond acceptors (Lipinski definition) is 2. The van der Waals surface area contributed by atoms with Crippen LogP contribution in [0.25, 0.3) is 0 Å². The predicted octanol–water partition coefficient (Wildman–Crippen LogP) is 1.61. The number of likely N-dealkylation sites (N-methyl/N-ethyl adjacent to an activating group) is 1. The van der Waals surface area contributed by atoms with Gasteiger partial charge in [0.25, 0.3) is 0 Å². The van der Waals surface area contributed by atoms with Crippen molar-refractivity contribution in [1.29, 1.82) is 0 Å². The van der Waals surface area contributed by atoms with Crippen LogP contribution in [0.4, 0.5) is 0 Å². The van der Waals surface area contributed by atoms with Crippen molar-refractivity contribution in [3.05, 3.63) is 29.8 Å². The van der Waals surface area contributed by atoms with Gasteiger partial charge >= 0.3 is 0 Å². The first-order chi connectivity index (χ1) is 6.09. The van der Waals surface area contributed by atoms with Gasteiger partial charge in [-0.25, -0.2) is 0 Å². The van der Waals surface area contributed by atoms with Crippen molar-refractivity contribution in [3.8, 4) is 0 Å². The van der Waals surface area contributed by atoms with Crippen molar-refractivity contribution >= 4 is 18.5 Å². The SMILES string of the molecule is CN(C)C(=O)Cc1ccc(S)cc1. The lowest BCUT2D eigenvalue weighted by atomic mass is 10.1. The molecule has 1 aromatic carbocycles. The zero-order valence-electron chi connectivity index (χ0n) is 7.82. The minimum absolute atomic E-state index is 0.118. The number of hydrogen-bond donors (Lipinski definition) is 1. The van der Waals surface area contributed by atoms with E-state index in [-0.39, 0.29) is 5.91 Å². The summed E-state index contributed by atoms with van der Waals surface area (Å²) in [6.45, 7) is 0. The van der Waals surface area contributed by atoms with Gasteiger partial charge in [-0.3, -0.25) is 4.79 Å². The lowest BCUT2D eigenvalue weighted by molar-refractivity contribution is -0.127. The smallest absolute Gasteiger partial charge is 0.226 e. The topological polar surface area (TPSA) is 20.3 Å². The molecule has 0 aliphatic carbocycles. The maximum absolute atomic E-state index is 11.3. The van der Waals surface area contributed by atoms with Crippen molar-refractivity contribution in [2.45, 2.75) is 11.3 Å². The molecule has 0 fully saturated rings. The second-order valence-electron chi connectivity index (χ2n) is 3.13. The molecule has 3 heteroatoms. The molecule has 0 radical (unpaired) electrons. The molecule has 0 saturated carbocycles. The minimum atomic E-state index is 0.118. The first-order valence-electron chi connectivity index (χ1n) is 4.07. The number of benzene rings is 1. The highest BCUT2D eigenvalue weighted by Crippen LogP contribution is 2.08. The molecule has 1 aromatic rings. The Bertz CT molecular complexity index is 292. The van der Waals surface area contributed by atoms with E-state index >= 15 is 0 Å². The van der Waals surface area contributed by atoms with Crippen LogP contribution < -0.4 is 0 Å². The Hall–Kier alpha value is -0.960. The van der Waals surface area contributed by atoms with Crippen LogP contribution in [0.1, 0.15) is 5.56 Å². The molecule has 0 N–H and O–H groups in total. The fourth-order valence-electron chi connectivity index (χ4n) is 0.947. The number of carbonyl (C=O) groups excluding carboxylic acids is 1. The molecule has 1 amide bonds. The standard InChI is InChI=1S/C10H13NOS/c1-11(2)10(12)7-8-3-5-9(13)6-4-8/h3-6,13H,7H2,1-2H3. The molecule has 1 rings (SSSR count). The van der Waals surface area contributed by atoms with E-state index in [2.05, 4.69) is 12.6 Å². The molecule has 0 bridgehead atoms. The molecule has 0 aromatic heterocycles. The third kappa shape index (κ3) is 3.11. The van der Waals surface area contributed by atoms with Crippen LogP contribution >= 0.6 is 12.6 Å². The number of amides is 1. The van der Waals surface area contributed by atoms with E-state index in [1.54, 1.807) is 19.0 Å². The molecule has 70 valence electrons. The number of nitrogens with zero attached hydrogens (tertiary/aromatic N) is 1. The zero-order valence-corrected chi connectivity index (χ0v) is 8.71. The third-order valence-corrected chi connectivity index (χ3v) is 2.09. The summed E-state index contributed by atoms with van der Waals surface area (Å²) in [5.41, 5.74) is 1.02. The number of rotatable bonds is 2. The summed E-state index contributed by atoms with van der Waals surface area (Å²) >= 11 is 4.17. The Morgan fingerprint density at radius 1 is 1.31 bits per heavy atom. The largest absolute Gasteiger partial charge is 0.349 e. The van der Waals surface area contributed by atoms with Crippen molar-refractivity contribution in [2.75, 3.05) is 14.1 Å². The van der Waals surface area contributed by atoms with Gasteiger partial charge in [-0.05, 0) is 17.7 Å². The highest BCUT2D eigenvalue weighted by Gasteiger charge is 2.04. The third-order valence-electron chi connectivity index (χ3n) is 1.79. The summed E-state index contributed by atoms with van der Waals surface area (Å²) in [6.07, 6.45) is 0.459. The van der Waals surface area contributed by atoms with E-state index in [4.69, 9.17) is 0 Å². The molecule has 0 heterocycles.